The second kappa shape index (κ2) is 9.45. The zero-order valence-corrected chi connectivity index (χ0v) is 15.3. The quantitative estimate of drug-likeness (QED) is 0.735. The fourth-order valence-corrected chi connectivity index (χ4v) is 3.13. The van der Waals surface area contributed by atoms with Gasteiger partial charge < -0.3 is 10.1 Å². The Morgan fingerprint density at radius 2 is 2.08 bits per heavy atom. The summed E-state index contributed by atoms with van der Waals surface area (Å²) < 4.78 is 5.28. The lowest BCUT2D eigenvalue weighted by molar-refractivity contribution is 0.0940. The number of carbonyl (C=O) groups excluding carboxylic acids is 1. The molecule has 0 bridgehead atoms. The zero-order valence-electron chi connectivity index (χ0n) is 14.5. The van der Waals surface area contributed by atoms with Crippen molar-refractivity contribution < 1.29 is 9.53 Å². The third kappa shape index (κ3) is 5.35. The van der Waals surface area contributed by atoms with E-state index >= 15 is 0 Å². The molecule has 0 atom stereocenters. The van der Waals surface area contributed by atoms with Gasteiger partial charge >= 0.3 is 0 Å². The van der Waals surface area contributed by atoms with Crippen LogP contribution in [-0.4, -0.2) is 30.6 Å². The fraction of sp³-hybridized carbons (Fsp3) is 0.368. The van der Waals surface area contributed by atoms with E-state index in [1.165, 1.54) is 22.9 Å². The average molecular weight is 344 g/mol. The monoisotopic (exact) mass is 344 g/mol. The molecular weight excluding hydrogens is 320 g/mol. The topological polar surface area (TPSA) is 51.2 Å². The highest BCUT2D eigenvalue weighted by molar-refractivity contribution is 7.99. The molecule has 2 aromatic rings. The molecule has 5 heteroatoms. The van der Waals surface area contributed by atoms with E-state index in [1.54, 1.807) is 12.3 Å². The summed E-state index contributed by atoms with van der Waals surface area (Å²) in [5.41, 5.74) is 3.10. The number of aryl methyl sites for hydroxylation is 2. The van der Waals surface area contributed by atoms with Crippen molar-refractivity contribution in [2.24, 2.45) is 0 Å². The number of aromatic nitrogens is 1. The molecule has 0 aliphatic heterocycles. The van der Waals surface area contributed by atoms with Crippen molar-refractivity contribution in [2.75, 3.05) is 19.8 Å². The first kappa shape index (κ1) is 18.5. The fourth-order valence-electron chi connectivity index (χ4n) is 2.15. The number of hydrogen-bond donors (Lipinski definition) is 1. The second-order valence-corrected chi connectivity index (χ2v) is 6.57. The van der Waals surface area contributed by atoms with Gasteiger partial charge in [0.05, 0.1) is 5.56 Å². The lowest BCUT2D eigenvalue weighted by Crippen LogP contribution is -2.26. The van der Waals surface area contributed by atoms with Crippen LogP contribution in [0.15, 0.2) is 46.5 Å². The summed E-state index contributed by atoms with van der Waals surface area (Å²) in [7, 11) is 0. The van der Waals surface area contributed by atoms with Crippen LogP contribution in [0.3, 0.4) is 0 Å². The normalized spacial score (nSPS) is 10.6. The van der Waals surface area contributed by atoms with Crippen molar-refractivity contribution in [3.63, 3.8) is 0 Å². The van der Waals surface area contributed by atoms with Gasteiger partial charge in [0, 0.05) is 30.9 Å². The number of pyridine rings is 1. The van der Waals surface area contributed by atoms with Crippen LogP contribution >= 0.6 is 11.8 Å². The van der Waals surface area contributed by atoms with Crippen LogP contribution in [0.5, 0.6) is 0 Å². The first-order chi connectivity index (χ1) is 11.6. The molecular formula is C19H24N2O2S. The maximum atomic E-state index is 12.4. The van der Waals surface area contributed by atoms with Crippen LogP contribution in [0, 0.1) is 13.8 Å². The van der Waals surface area contributed by atoms with Gasteiger partial charge in [0.1, 0.15) is 5.03 Å². The van der Waals surface area contributed by atoms with Crippen molar-refractivity contribution in [1.29, 1.82) is 0 Å². The van der Waals surface area contributed by atoms with E-state index in [2.05, 4.69) is 42.3 Å². The molecule has 0 aliphatic rings. The van der Waals surface area contributed by atoms with Crippen LogP contribution in [-0.2, 0) is 4.74 Å². The van der Waals surface area contributed by atoms with Gasteiger partial charge in [-0.2, -0.15) is 0 Å². The van der Waals surface area contributed by atoms with E-state index in [1.807, 2.05) is 13.0 Å². The maximum absolute atomic E-state index is 12.4. The number of carbonyl (C=O) groups is 1. The highest BCUT2D eigenvalue weighted by Gasteiger charge is 2.13. The van der Waals surface area contributed by atoms with E-state index in [0.29, 0.717) is 25.3 Å². The Bertz CT molecular complexity index is 689. The van der Waals surface area contributed by atoms with Crippen LogP contribution in [0.1, 0.15) is 34.8 Å². The Morgan fingerprint density at radius 1 is 1.25 bits per heavy atom. The van der Waals surface area contributed by atoms with E-state index in [9.17, 15) is 4.79 Å². The molecule has 0 radical (unpaired) electrons. The van der Waals surface area contributed by atoms with Crippen LogP contribution in [0.2, 0.25) is 0 Å². The highest BCUT2D eigenvalue weighted by Crippen LogP contribution is 2.29. The molecule has 4 nitrogen and oxygen atoms in total. The van der Waals surface area contributed by atoms with Gasteiger partial charge in [-0.15, -0.1) is 0 Å². The summed E-state index contributed by atoms with van der Waals surface area (Å²) in [5.74, 6) is -0.0917. The SMILES string of the molecule is CCOCCCNC(=O)c1cccnc1Sc1ccc(C)c(C)c1. The standard InChI is InChI=1S/C19H24N2O2S/c1-4-23-12-6-11-20-18(22)17-7-5-10-21-19(17)24-16-9-8-14(2)15(3)13-16/h5,7-10,13H,4,6,11-12H2,1-3H3,(H,20,22). The molecule has 1 heterocycles. The minimum absolute atomic E-state index is 0.0917. The molecule has 1 amide bonds. The number of amides is 1. The van der Waals surface area contributed by atoms with Crippen molar-refractivity contribution in [1.82, 2.24) is 10.3 Å². The third-order valence-electron chi connectivity index (χ3n) is 3.66. The number of hydrogen-bond acceptors (Lipinski definition) is 4. The van der Waals surface area contributed by atoms with Crippen molar-refractivity contribution in [3.05, 3.63) is 53.2 Å². The van der Waals surface area contributed by atoms with E-state index < -0.39 is 0 Å². The van der Waals surface area contributed by atoms with Gasteiger partial charge in [-0.3, -0.25) is 4.79 Å². The predicted octanol–water partition coefficient (Wildman–Crippen LogP) is 4.01. The smallest absolute Gasteiger partial charge is 0.254 e. The Balaban J connectivity index is 2.03. The Kier molecular flexibility index (Phi) is 7.28. The second-order valence-electron chi connectivity index (χ2n) is 5.51. The van der Waals surface area contributed by atoms with E-state index in [4.69, 9.17) is 4.74 Å². The Morgan fingerprint density at radius 3 is 2.83 bits per heavy atom. The van der Waals surface area contributed by atoms with Crippen LogP contribution in [0.25, 0.3) is 0 Å². The van der Waals surface area contributed by atoms with Crippen molar-refractivity contribution in [3.8, 4) is 0 Å². The Labute approximate surface area is 148 Å². The number of nitrogens with one attached hydrogen (secondary N) is 1. The number of ether oxygens (including phenoxy) is 1. The summed E-state index contributed by atoms with van der Waals surface area (Å²) in [6, 6.07) is 9.88. The number of nitrogens with zero attached hydrogens (tertiary/aromatic N) is 1. The third-order valence-corrected chi connectivity index (χ3v) is 4.67. The lowest BCUT2D eigenvalue weighted by Gasteiger charge is -2.10. The average Bonchev–Trinajstić information content (AvgIpc) is 2.58. The van der Waals surface area contributed by atoms with Crippen LogP contribution < -0.4 is 5.32 Å². The number of benzene rings is 1. The van der Waals surface area contributed by atoms with Crippen LogP contribution in [0.4, 0.5) is 0 Å². The summed E-state index contributed by atoms with van der Waals surface area (Å²) in [4.78, 5) is 17.9. The highest BCUT2D eigenvalue weighted by atomic mass is 32.2. The Hall–Kier alpha value is -1.85. The lowest BCUT2D eigenvalue weighted by atomic mass is 10.1. The first-order valence-electron chi connectivity index (χ1n) is 8.18. The predicted molar refractivity (Wildman–Crippen MR) is 97.7 cm³/mol. The molecule has 1 N–H and O–H groups in total. The molecule has 0 fully saturated rings. The van der Waals surface area contributed by atoms with E-state index in [0.717, 1.165) is 16.3 Å². The number of rotatable bonds is 8. The zero-order chi connectivity index (χ0) is 17.4. The molecule has 1 aromatic carbocycles. The maximum Gasteiger partial charge on any atom is 0.254 e. The van der Waals surface area contributed by atoms with E-state index in [-0.39, 0.29) is 5.91 Å². The van der Waals surface area contributed by atoms with Gasteiger partial charge in [0.2, 0.25) is 0 Å². The van der Waals surface area contributed by atoms with Crippen molar-refractivity contribution >= 4 is 17.7 Å². The first-order valence-corrected chi connectivity index (χ1v) is 8.99. The van der Waals surface area contributed by atoms with Gasteiger partial charge in [-0.1, -0.05) is 17.8 Å². The summed E-state index contributed by atoms with van der Waals surface area (Å²) in [5, 5.41) is 3.66. The minimum atomic E-state index is -0.0917. The van der Waals surface area contributed by atoms with Gasteiger partial charge in [-0.05, 0) is 62.6 Å². The molecule has 2 rings (SSSR count). The summed E-state index contributed by atoms with van der Waals surface area (Å²) in [6.45, 7) is 8.10. The molecule has 128 valence electrons. The minimum Gasteiger partial charge on any atom is -0.382 e. The molecule has 1 aromatic heterocycles. The van der Waals surface area contributed by atoms with Gasteiger partial charge in [0.15, 0.2) is 0 Å². The molecule has 0 unspecified atom stereocenters. The van der Waals surface area contributed by atoms with Crippen molar-refractivity contribution in [2.45, 2.75) is 37.1 Å². The molecule has 0 aliphatic carbocycles. The molecule has 0 saturated carbocycles. The molecule has 0 spiro atoms. The molecule has 24 heavy (non-hydrogen) atoms. The summed E-state index contributed by atoms with van der Waals surface area (Å²) >= 11 is 1.52. The molecule has 0 saturated heterocycles. The largest absolute Gasteiger partial charge is 0.382 e. The van der Waals surface area contributed by atoms with Gasteiger partial charge in [0.25, 0.3) is 5.91 Å². The van der Waals surface area contributed by atoms with Gasteiger partial charge in [-0.25, -0.2) is 4.98 Å². The summed E-state index contributed by atoms with van der Waals surface area (Å²) in [6.07, 6.45) is 2.52.